The minimum absolute atomic E-state index is 0.0692. The van der Waals surface area contributed by atoms with Gasteiger partial charge >= 0.3 is 5.97 Å². The molecule has 166 valence electrons. The molecule has 0 bridgehead atoms. The molecule has 4 rings (SSSR count). The van der Waals surface area contributed by atoms with Gasteiger partial charge in [-0.25, -0.2) is 0 Å². The summed E-state index contributed by atoms with van der Waals surface area (Å²) in [4.78, 5) is 37.6. The summed E-state index contributed by atoms with van der Waals surface area (Å²) in [5.41, 5.74) is 0.308. The molecule has 1 aliphatic heterocycles. The van der Waals surface area contributed by atoms with E-state index in [1.807, 2.05) is 11.9 Å². The fourth-order valence-corrected chi connectivity index (χ4v) is 7.69. The van der Waals surface area contributed by atoms with Crippen molar-refractivity contribution in [3.63, 3.8) is 0 Å². The molecule has 0 radical (unpaired) electrons. The lowest BCUT2D eigenvalue weighted by molar-refractivity contribution is -0.144. The van der Waals surface area contributed by atoms with Crippen LogP contribution in [0.3, 0.4) is 0 Å². The zero-order valence-electron chi connectivity index (χ0n) is 18.8. The van der Waals surface area contributed by atoms with Gasteiger partial charge in [-0.15, -0.1) is 0 Å². The molecular formula is C24H36N2O4. The lowest BCUT2D eigenvalue weighted by atomic mass is 9.47. The Bertz CT molecular complexity index is 764. The van der Waals surface area contributed by atoms with Gasteiger partial charge in [0, 0.05) is 25.0 Å². The highest BCUT2D eigenvalue weighted by Crippen LogP contribution is 2.65. The summed E-state index contributed by atoms with van der Waals surface area (Å²) in [6.07, 6.45) is 10.8. The smallest absolute Gasteiger partial charge is 0.315 e. The molecule has 0 aromatic rings. The Morgan fingerprint density at radius 1 is 1.17 bits per heavy atom. The molecule has 2 amide bonds. The van der Waals surface area contributed by atoms with Crippen molar-refractivity contribution in [2.24, 2.45) is 34.5 Å². The van der Waals surface area contributed by atoms with E-state index in [1.54, 1.807) is 6.08 Å². The number of amides is 2. The van der Waals surface area contributed by atoms with Crippen molar-refractivity contribution in [3.05, 3.63) is 12.2 Å². The number of hydrogen-bond donors (Lipinski definition) is 1. The molecule has 1 heterocycles. The molecule has 6 nitrogen and oxygen atoms in total. The van der Waals surface area contributed by atoms with Gasteiger partial charge in [0.2, 0.25) is 11.8 Å². The molecule has 3 fully saturated rings. The van der Waals surface area contributed by atoms with Gasteiger partial charge in [0.25, 0.3) is 0 Å². The number of hydrogen-bond acceptors (Lipinski definition) is 4. The van der Waals surface area contributed by atoms with E-state index in [2.05, 4.69) is 30.0 Å². The van der Waals surface area contributed by atoms with Crippen LogP contribution >= 0.6 is 0 Å². The van der Waals surface area contributed by atoms with Crippen LogP contribution in [0.2, 0.25) is 0 Å². The number of nitrogens with zero attached hydrogens (tertiary/aromatic N) is 1. The van der Waals surface area contributed by atoms with E-state index < -0.39 is 5.97 Å². The highest BCUT2D eigenvalue weighted by Gasteiger charge is 2.60. The quantitative estimate of drug-likeness (QED) is 0.565. The molecule has 4 aliphatic rings. The van der Waals surface area contributed by atoms with Crippen molar-refractivity contribution >= 4 is 17.8 Å². The zero-order chi connectivity index (χ0) is 21.7. The van der Waals surface area contributed by atoms with E-state index >= 15 is 0 Å². The zero-order valence-corrected chi connectivity index (χ0v) is 18.8. The molecule has 0 aromatic carbocycles. The molecule has 3 saturated carbocycles. The fourth-order valence-electron chi connectivity index (χ4n) is 7.69. The van der Waals surface area contributed by atoms with Crippen LogP contribution in [-0.4, -0.2) is 49.4 Å². The Morgan fingerprint density at radius 3 is 2.67 bits per heavy atom. The lowest BCUT2D eigenvalue weighted by Crippen LogP contribution is -2.59. The Labute approximate surface area is 179 Å². The van der Waals surface area contributed by atoms with Crippen LogP contribution in [0, 0.1) is 34.5 Å². The Morgan fingerprint density at radius 2 is 1.93 bits per heavy atom. The Hall–Kier alpha value is -1.85. The monoisotopic (exact) mass is 416 g/mol. The largest absolute Gasteiger partial charge is 0.469 e. The summed E-state index contributed by atoms with van der Waals surface area (Å²) in [6, 6.07) is 0.315. The maximum absolute atomic E-state index is 12.2. The molecule has 0 spiro atoms. The van der Waals surface area contributed by atoms with Crippen molar-refractivity contribution in [1.82, 2.24) is 10.2 Å². The van der Waals surface area contributed by atoms with Crippen LogP contribution in [-0.2, 0) is 19.1 Å². The van der Waals surface area contributed by atoms with Crippen LogP contribution < -0.4 is 5.32 Å². The topological polar surface area (TPSA) is 75.7 Å². The minimum Gasteiger partial charge on any atom is -0.469 e. The number of carbonyl (C=O) groups excluding carboxylic acids is 3. The van der Waals surface area contributed by atoms with Crippen molar-refractivity contribution in [2.45, 2.75) is 64.8 Å². The number of methoxy groups -OCH3 is 1. The number of rotatable bonds is 4. The third-order valence-electron chi connectivity index (χ3n) is 9.40. The SMILES string of the molecule is COC(=O)CC(=O)NCC1CC[C@H]2[C@@H]3CCC4N(C)C(=O)C=C[C@]4(C)[C@@H]3CC[C@]12C. The maximum atomic E-state index is 12.2. The number of likely N-dealkylation sites (N-methyl/N-ethyl adjacent to an activating group) is 1. The lowest BCUT2D eigenvalue weighted by Gasteiger charge is -2.60. The summed E-state index contributed by atoms with van der Waals surface area (Å²) in [6.45, 7) is 5.45. The predicted molar refractivity (Wildman–Crippen MR) is 113 cm³/mol. The number of carbonyl (C=O) groups is 3. The minimum atomic E-state index is -0.488. The van der Waals surface area contributed by atoms with Crippen LogP contribution in [0.1, 0.15) is 58.8 Å². The van der Waals surface area contributed by atoms with E-state index in [0.29, 0.717) is 36.3 Å². The first-order valence-corrected chi connectivity index (χ1v) is 11.5. The van der Waals surface area contributed by atoms with Gasteiger partial charge in [0.1, 0.15) is 6.42 Å². The van der Waals surface area contributed by atoms with Crippen LogP contribution in [0.15, 0.2) is 12.2 Å². The Balaban J connectivity index is 1.46. The summed E-state index contributed by atoms with van der Waals surface area (Å²) in [7, 11) is 3.27. The highest BCUT2D eigenvalue weighted by molar-refractivity contribution is 5.94. The van der Waals surface area contributed by atoms with E-state index in [-0.39, 0.29) is 29.1 Å². The third-order valence-corrected chi connectivity index (χ3v) is 9.40. The normalized spacial score (nSPS) is 42.2. The van der Waals surface area contributed by atoms with Gasteiger partial charge in [-0.2, -0.15) is 0 Å². The van der Waals surface area contributed by atoms with Gasteiger partial charge in [-0.3, -0.25) is 14.4 Å². The second-order valence-electron chi connectivity index (χ2n) is 10.5. The van der Waals surface area contributed by atoms with E-state index in [0.717, 1.165) is 12.8 Å². The van der Waals surface area contributed by atoms with Gasteiger partial charge in [0.05, 0.1) is 7.11 Å². The molecule has 2 unspecified atom stereocenters. The molecular weight excluding hydrogens is 380 g/mol. The second-order valence-corrected chi connectivity index (χ2v) is 10.5. The molecule has 6 heteroatoms. The summed E-state index contributed by atoms with van der Waals surface area (Å²) < 4.78 is 4.59. The second kappa shape index (κ2) is 7.69. The number of esters is 1. The average molecular weight is 417 g/mol. The van der Waals surface area contributed by atoms with Gasteiger partial charge < -0.3 is 15.0 Å². The summed E-state index contributed by atoms with van der Waals surface area (Å²) >= 11 is 0. The molecule has 7 atom stereocenters. The summed E-state index contributed by atoms with van der Waals surface area (Å²) in [5, 5.41) is 2.99. The van der Waals surface area contributed by atoms with Crippen molar-refractivity contribution in [2.75, 3.05) is 20.7 Å². The van der Waals surface area contributed by atoms with Crippen LogP contribution in [0.4, 0.5) is 0 Å². The predicted octanol–water partition coefficient (Wildman–Crippen LogP) is 2.92. The molecule has 3 aliphatic carbocycles. The molecule has 1 N–H and O–H groups in total. The molecule has 30 heavy (non-hydrogen) atoms. The van der Waals surface area contributed by atoms with E-state index in [4.69, 9.17) is 0 Å². The van der Waals surface area contributed by atoms with Gasteiger partial charge in [0.15, 0.2) is 0 Å². The molecule has 0 aromatic heterocycles. The maximum Gasteiger partial charge on any atom is 0.315 e. The first kappa shape index (κ1) is 21.4. The van der Waals surface area contributed by atoms with Crippen LogP contribution in [0.25, 0.3) is 0 Å². The first-order chi connectivity index (χ1) is 14.2. The number of nitrogens with one attached hydrogen (secondary N) is 1. The van der Waals surface area contributed by atoms with Gasteiger partial charge in [-0.1, -0.05) is 19.9 Å². The van der Waals surface area contributed by atoms with E-state index in [1.165, 1.54) is 32.8 Å². The van der Waals surface area contributed by atoms with E-state index in [9.17, 15) is 14.4 Å². The van der Waals surface area contributed by atoms with Gasteiger partial charge in [-0.05, 0) is 73.7 Å². The van der Waals surface area contributed by atoms with Crippen molar-refractivity contribution in [1.29, 1.82) is 0 Å². The summed E-state index contributed by atoms with van der Waals surface area (Å²) in [5.74, 6) is 1.85. The highest BCUT2D eigenvalue weighted by atomic mass is 16.5. The fraction of sp³-hybridized carbons (Fsp3) is 0.792. The van der Waals surface area contributed by atoms with Crippen molar-refractivity contribution < 1.29 is 19.1 Å². The van der Waals surface area contributed by atoms with Crippen LogP contribution in [0.5, 0.6) is 0 Å². The number of ether oxygens (including phenoxy) is 1. The average Bonchev–Trinajstić information content (AvgIpc) is 3.05. The van der Waals surface area contributed by atoms with Crippen molar-refractivity contribution in [3.8, 4) is 0 Å². The standard InChI is InChI=1S/C24H36N2O4/c1-23-11-9-18-16(6-8-19-24(18,2)12-10-21(28)26(19)3)17(23)7-5-15(23)14-25-20(27)13-22(29)30-4/h10,12,15-19H,5-9,11,13-14H2,1-4H3,(H,25,27)/t15?,16-,17-,18+,19?,23+,24+/m0/s1. The third kappa shape index (κ3) is 3.27. The molecule has 0 saturated heterocycles. The Kier molecular flexibility index (Phi) is 5.48. The first-order valence-electron chi connectivity index (χ1n) is 11.5. The number of fused-ring (bicyclic) bond motifs is 5.